The summed E-state index contributed by atoms with van der Waals surface area (Å²) < 4.78 is 27.5. The van der Waals surface area contributed by atoms with Crippen molar-refractivity contribution in [3.05, 3.63) is 41.9 Å². The molecule has 3 N–H and O–H groups in total. The van der Waals surface area contributed by atoms with E-state index in [1.807, 2.05) is 25.7 Å². The number of hydrogen-bond donors (Lipinski definition) is 3. The number of carbonyl (C=O) groups is 3. The molecule has 0 aliphatic carbocycles. The molecule has 1 fully saturated rings. The third-order valence-electron chi connectivity index (χ3n) is 6.98. The lowest BCUT2D eigenvalue weighted by atomic mass is 9.98. The average Bonchev–Trinajstić information content (AvgIpc) is 3.37. The van der Waals surface area contributed by atoms with E-state index in [9.17, 15) is 23.2 Å². The minimum atomic E-state index is -1.03. The van der Waals surface area contributed by atoms with E-state index in [1.165, 1.54) is 12.3 Å². The van der Waals surface area contributed by atoms with E-state index in [0.717, 1.165) is 37.8 Å². The SMILES string of the molecule is CC[C@@H]1CCCCN1C(=O)C[C@H](NC(=O)CCC(C)C)C(=O)N[C@@H](C)c1ncc(-c2ccc(F)cc2F)[nH]1. The summed E-state index contributed by atoms with van der Waals surface area (Å²) in [6.45, 7) is 8.42. The number of hydrogen-bond acceptors (Lipinski definition) is 4. The first-order valence-electron chi connectivity index (χ1n) is 13.5. The topological polar surface area (TPSA) is 107 Å². The minimum Gasteiger partial charge on any atom is -0.345 e. The third-order valence-corrected chi connectivity index (χ3v) is 6.98. The maximum Gasteiger partial charge on any atom is 0.243 e. The van der Waals surface area contributed by atoms with Crippen molar-refractivity contribution in [2.24, 2.45) is 5.92 Å². The number of imidazole rings is 1. The smallest absolute Gasteiger partial charge is 0.243 e. The molecule has 0 saturated carbocycles. The van der Waals surface area contributed by atoms with Crippen LogP contribution in [0.2, 0.25) is 0 Å². The van der Waals surface area contributed by atoms with Gasteiger partial charge in [0.05, 0.1) is 24.4 Å². The Labute approximate surface area is 223 Å². The molecule has 10 heteroatoms. The zero-order valence-corrected chi connectivity index (χ0v) is 22.7. The summed E-state index contributed by atoms with van der Waals surface area (Å²) in [5, 5.41) is 5.58. The molecule has 8 nitrogen and oxygen atoms in total. The highest BCUT2D eigenvalue weighted by molar-refractivity contribution is 5.92. The van der Waals surface area contributed by atoms with Crippen molar-refractivity contribution in [3.8, 4) is 11.3 Å². The highest BCUT2D eigenvalue weighted by Crippen LogP contribution is 2.24. The number of rotatable bonds is 11. The molecule has 208 valence electrons. The molecule has 0 spiro atoms. The number of amides is 3. The monoisotopic (exact) mass is 531 g/mol. The van der Waals surface area contributed by atoms with Crippen LogP contribution in [0.25, 0.3) is 11.3 Å². The Morgan fingerprint density at radius 3 is 2.61 bits per heavy atom. The molecule has 3 rings (SSSR count). The van der Waals surface area contributed by atoms with Gasteiger partial charge in [-0.2, -0.15) is 0 Å². The van der Waals surface area contributed by atoms with E-state index in [0.29, 0.717) is 30.4 Å². The van der Waals surface area contributed by atoms with Crippen molar-refractivity contribution < 1.29 is 23.2 Å². The van der Waals surface area contributed by atoms with E-state index >= 15 is 0 Å². The lowest BCUT2D eigenvalue weighted by Crippen LogP contribution is -2.52. The second-order valence-corrected chi connectivity index (χ2v) is 10.4. The van der Waals surface area contributed by atoms with Crippen LogP contribution in [0.5, 0.6) is 0 Å². The molecule has 1 aromatic carbocycles. The van der Waals surface area contributed by atoms with Gasteiger partial charge >= 0.3 is 0 Å². The summed E-state index contributed by atoms with van der Waals surface area (Å²) in [5.41, 5.74) is 0.486. The lowest BCUT2D eigenvalue weighted by Gasteiger charge is -2.36. The van der Waals surface area contributed by atoms with Gasteiger partial charge in [0.1, 0.15) is 23.5 Å². The third kappa shape index (κ3) is 7.85. The molecule has 3 atom stereocenters. The largest absolute Gasteiger partial charge is 0.345 e. The Kier molecular flexibility index (Phi) is 10.4. The zero-order chi connectivity index (χ0) is 27.8. The maximum absolute atomic E-state index is 14.2. The first kappa shape index (κ1) is 29.3. The fraction of sp³-hybridized carbons (Fsp3) is 0.571. The van der Waals surface area contributed by atoms with Crippen molar-refractivity contribution in [2.45, 2.75) is 90.8 Å². The standard InChI is InChI=1S/C28H39F2N5O3/c1-5-20-8-6-7-13-35(20)26(37)15-23(33-25(36)12-9-17(2)3)28(38)32-18(4)27-31-16-24(34-27)21-11-10-19(29)14-22(21)30/h10-11,14,16-18,20,23H,5-9,12-13,15H2,1-4H3,(H,31,34)(H,32,38)(H,33,36)/t18-,20+,23-/m0/s1. The summed E-state index contributed by atoms with van der Waals surface area (Å²) in [6, 6.07) is 1.74. The van der Waals surface area contributed by atoms with Gasteiger partial charge in [-0.1, -0.05) is 20.8 Å². The maximum atomic E-state index is 14.2. The van der Waals surface area contributed by atoms with Crippen LogP contribution in [0.1, 0.15) is 84.5 Å². The Morgan fingerprint density at radius 2 is 1.92 bits per heavy atom. The van der Waals surface area contributed by atoms with Gasteiger partial charge in [0, 0.05) is 30.6 Å². The molecule has 0 bridgehead atoms. The molecule has 1 aliphatic rings. The van der Waals surface area contributed by atoms with Gasteiger partial charge in [-0.25, -0.2) is 13.8 Å². The number of aromatic amines is 1. The molecule has 0 radical (unpaired) electrons. The van der Waals surface area contributed by atoms with Crippen LogP contribution in [-0.4, -0.2) is 51.2 Å². The van der Waals surface area contributed by atoms with Crippen molar-refractivity contribution in [1.29, 1.82) is 0 Å². The summed E-state index contributed by atoms with van der Waals surface area (Å²) in [6.07, 6.45) is 5.98. The van der Waals surface area contributed by atoms with E-state index in [1.54, 1.807) is 6.92 Å². The second kappa shape index (κ2) is 13.5. The highest BCUT2D eigenvalue weighted by atomic mass is 19.1. The predicted molar refractivity (Wildman–Crippen MR) is 141 cm³/mol. The molecule has 38 heavy (non-hydrogen) atoms. The molecule has 2 heterocycles. The van der Waals surface area contributed by atoms with Gasteiger partial charge in [-0.05, 0) is 57.1 Å². The van der Waals surface area contributed by atoms with Crippen LogP contribution < -0.4 is 10.6 Å². The first-order chi connectivity index (χ1) is 18.1. The fourth-order valence-corrected chi connectivity index (χ4v) is 4.72. The number of aromatic nitrogens is 2. The van der Waals surface area contributed by atoms with Gasteiger partial charge in [0.2, 0.25) is 17.7 Å². The molecule has 0 unspecified atom stereocenters. The van der Waals surface area contributed by atoms with E-state index in [2.05, 4.69) is 20.6 Å². The molecule has 1 aliphatic heterocycles. The average molecular weight is 532 g/mol. The number of nitrogens with one attached hydrogen (secondary N) is 3. The summed E-state index contributed by atoms with van der Waals surface area (Å²) >= 11 is 0. The number of benzene rings is 1. The van der Waals surface area contributed by atoms with Crippen molar-refractivity contribution in [3.63, 3.8) is 0 Å². The van der Waals surface area contributed by atoms with Crippen LogP contribution >= 0.6 is 0 Å². The molecule has 3 amide bonds. The molecule has 2 aromatic rings. The summed E-state index contributed by atoms with van der Waals surface area (Å²) in [4.78, 5) is 48.2. The Bertz CT molecular complexity index is 1120. The van der Waals surface area contributed by atoms with Crippen LogP contribution in [-0.2, 0) is 14.4 Å². The number of nitrogens with zero attached hydrogens (tertiary/aromatic N) is 2. The van der Waals surface area contributed by atoms with Gasteiger partial charge in [-0.15, -0.1) is 0 Å². The number of likely N-dealkylation sites (tertiary alicyclic amines) is 1. The van der Waals surface area contributed by atoms with Crippen molar-refractivity contribution in [1.82, 2.24) is 25.5 Å². The normalized spacial score (nSPS) is 17.2. The number of piperidine rings is 1. The summed E-state index contributed by atoms with van der Waals surface area (Å²) in [5.74, 6) is -1.67. The zero-order valence-electron chi connectivity index (χ0n) is 22.7. The van der Waals surface area contributed by atoms with E-state index in [4.69, 9.17) is 0 Å². The molecular weight excluding hydrogens is 492 g/mol. The Morgan fingerprint density at radius 1 is 1.16 bits per heavy atom. The predicted octanol–water partition coefficient (Wildman–Crippen LogP) is 4.63. The first-order valence-corrected chi connectivity index (χ1v) is 13.5. The van der Waals surface area contributed by atoms with E-state index in [-0.39, 0.29) is 36.3 Å². The van der Waals surface area contributed by atoms with Gasteiger partial charge in [0.15, 0.2) is 0 Å². The number of carbonyl (C=O) groups excluding carboxylic acids is 3. The van der Waals surface area contributed by atoms with Gasteiger partial charge in [0.25, 0.3) is 0 Å². The number of H-pyrrole nitrogens is 1. The van der Waals surface area contributed by atoms with E-state index < -0.39 is 29.6 Å². The Balaban J connectivity index is 1.72. The molecular formula is C28H39F2N5O3. The second-order valence-electron chi connectivity index (χ2n) is 10.4. The van der Waals surface area contributed by atoms with Crippen LogP contribution in [0, 0.1) is 17.6 Å². The van der Waals surface area contributed by atoms with Crippen molar-refractivity contribution in [2.75, 3.05) is 6.54 Å². The fourth-order valence-electron chi connectivity index (χ4n) is 4.72. The minimum absolute atomic E-state index is 0.132. The van der Waals surface area contributed by atoms with Gasteiger partial charge in [-0.3, -0.25) is 14.4 Å². The van der Waals surface area contributed by atoms with Gasteiger partial charge < -0.3 is 20.5 Å². The van der Waals surface area contributed by atoms with Crippen LogP contribution in [0.3, 0.4) is 0 Å². The highest BCUT2D eigenvalue weighted by Gasteiger charge is 2.31. The van der Waals surface area contributed by atoms with Crippen LogP contribution in [0.15, 0.2) is 24.4 Å². The lowest BCUT2D eigenvalue weighted by molar-refractivity contribution is -0.139. The quantitative estimate of drug-likeness (QED) is 0.393. The molecule has 1 aromatic heterocycles. The Hall–Kier alpha value is -3.30. The molecule has 1 saturated heterocycles. The van der Waals surface area contributed by atoms with Crippen molar-refractivity contribution >= 4 is 17.7 Å². The summed E-state index contributed by atoms with van der Waals surface area (Å²) in [7, 11) is 0. The number of halogens is 2. The van der Waals surface area contributed by atoms with Crippen LogP contribution in [0.4, 0.5) is 8.78 Å².